The smallest absolute Gasteiger partial charge is 0.326 e. The molecule has 7 heteroatoms. The Morgan fingerprint density at radius 2 is 2.15 bits per heavy atom. The minimum absolute atomic E-state index is 0.0000329. The van der Waals surface area contributed by atoms with Crippen LogP contribution in [0.3, 0.4) is 0 Å². The summed E-state index contributed by atoms with van der Waals surface area (Å²) >= 11 is 7.22. The van der Waals surface area contributed by atoms with Gasteiger partial charge in [-0.25, -0.2) is 4.79 Å². The van der Waals surface area contributed by atoms with E-state index in [2.05, 4.69) is 5.32 Å². The monoisotopic (exact) mass is 317 g/mol. The molecule has 1 atom stereocenters. The van der Waals surface area contributed by atoms with E-state index >= 15 is 0 Å². The third kappa shape index (κ3) is 6.27. The zero-order valence-electron chi connectivity index (χ0n) is 10.7. The predicted octanol–water partition coefficient (Wildman–Crippen LogP) is 1.52. The lowest BCUT2D eigenvalue weighted by Gasteiger charge is -2.12. The molecule has 1 unspecified atom stereocenters. The molecule has 0 spiro atoms. The first-order valence-electron chi connectivity index (χ1n) is 5.98. The number of hydrogen-bond donors (Lipinski definition) is 3. The van der Waals surface area contributed by atoms with Crippen LogP contribution >= 0.6 is 23.4 Å². The van der Waals surface area contributed by atoms with Gasteiger partial charge in [-0.3, -0.25) is 4.79 Å². The van der Waals surface area contributed by atoms with Gasteiger partial charge in [0.1, 0.15) is 6.04 Å². The molecule has 0 aliphatic rings. The minimum atomic E-state index is -1.15. The molecule has 110 valence electrons. The lowest BCUT2D eigenvalue weighted by Crippen LogP contribution is -2.42. The van der Waals surface area contributed by atoms with Crippen molar-refractivity contribution in [2.75, 3.05) is 12.4 Å². The zero-order valence-corrected chi connectivity index (χ0v) is 12.3. The molecular weight excluding hydrogens is 302 g/mol. The van der Waals surface area contributed by atoms with E-state index in [1.54, 1.807) is 6.07 Å². The van der Waals surface area contributed by atoms with Gasteiger partial charge in [0.2, 0.25) is 5.91 Å². The number of hydrogen-bond acceptors (Lipinski definition) is 4. The first-order valence-corrected chi connectivity index (χ1v) is 7.51. The van der Waals surface area contributed by atoms with Crippen LogP contribution in [0.5, 0.6) is 0 Å². The lowest BCUT2D eigenvalue weighted by molar-refractivity contribution is -0.141. The van der Waals surface area contributed by atoms with E-state index in [9.17, 15) is 9.59 Å². The van der Waals surface area contributed by atoms with Gasteiger partial charge in [-0.15, -0.1) is 11.8 Å². The number of halogens is 1. The van der Waals surface area contributed by atoms with E-state index in [1.165, 1.54) is 11.8 Å². The van der Waals surface area contributed by atoms with E-state index < -0.39 is 12.0 Å². The molecule has 0 aliphatic carbocycles. The summed E-state index contributed by atoms with van der Waals surface area (Å²) in [5, 5.41) is 20.6. The first kappa shape index (κ1) is 16.8. The summed E-state index contributed by atoms with van der Waals surface area (Å²) < 4.78 is 0. The van der Waals surface area contributed by atoms with Crippen molar-refractivity contribution >= 4 is 35.2 Å². The highest BCUT2D eigenvalue weighted by Gasteiger charge is 2.18. The summed E-state index contributed by atoms with van der Waals surface area (Å²) in [6.07, 6.45) is 0.0000329. The first-order chi connectivity index (χ1) is 9.52. The van der Waals surface area contributed by atoms with Gasteiger partial charge in [-0.1, -0.05) is 23.7 Å². The average Bonchev–Trinajstić information content (AvgIpc) is 2.38. The Kier molecular flexibility index (Phi) is 7.43. The van der Waals surface area contributed by atoms with E-state index in [-0.39, 0.29) is 24.7 Å². The second-order valence-electron chi connectivity index (χ2n) is 4.09. The van der Waals surface area contributed by atoms with E-state index in [0.29, 0.717) is 10.8 Å². The van der Waals surface area contributed by atoms with Crippen molar-refractivity contribution in [1.29, 1.82) is 0 Å². The van der Waals surface area contributed by atoms with Gasteiger partial charge in [0.15, 0.2) is 0 Å². The van der Waals surface area contributed by atoms with Crippen molar-refractivity contribution in [2.45, 2.75) is 18.2 Å². The second kappa shape index (κ2) is 8.84. The average molecular weight is 318 g/mol. The van der Waals surface area contributed by atoms with Crippen molar-refractivity contribution in [3.8, 4) is 0 Å². The number of rotatable bonds is 8. The molecule has 5 nitrogen and oxygen atoms in total. The molecule has 0 aliphatic heterocycles. The molecule has 0 radical (unpaired) electrons. The maximum atomic E-state index is 11.6. The van der Waals surface area contributed by atoms with Gasteiger partial charge in [0, 0.05) is 23.8 Å². The molecule has 20 heavy (non-hydrogen) atoms. The second-order valence-corrected chi connectivity index (χ2v) is 5.52. The molecule has 0 fully saturated rings. The molecule has 1 aromatic rings. The van der Waals surface area contributed by atoms with Crippen molar-refractivity contribution in [3.63, 3.8) is 0 Å². The molecule has 1 aromatic carbocycles. The number of benzene rings is 1. The molecule has 0 bridgehead atoms. The number of carbonyl (C=O) groups excluding carboxylic acids is 1. The number of nitrogens with one attached hydrogen (secondary N) is 1. The Morgan fingerprint density at radius 1 is 1.40 bits per heavy atom. The number of aliphatic carboxylic acids is 1. The number of carboxylic acids is 1. The summed E-state index contributed by atoms with van der Waals surface area (Å²) in [7, 11) is 0. The minimum Gasteiger partial charge on any atom is -0.480 e. The number of carbonyl (C=O) groups is 2. The van der Waals surface area contributed by atoms with Gasteiger partial charge in [-0.05, 0) is 17.7 Å². The molecule has 0 heterocycles. The van der Waals surface area contributed by atoms with Crippen molar-refractivity contribution in [3.05, 3.63) is 34.9 Å². The van der Waals surface area contributed by atoms with Crippen LogP contribution in [0, 0.1) is 0 Å². The van der Waals surface area contributed by atoms with Crippen LogP contribution in [-0.4, -0.2) is 40.5 Å². The fraction of sp³-hybridized carbons (Fsp3) is 0.385. The summed E-state index contributed by atoms with van der Waals surface area (Å²) in [4.78, 5) is 22.4. The Labute approximate surface area is 126 Å². The van der Waals surface area contributed by atoms with Crippen LogP contribution in [-0.2, 0) is 15.3 Å². The van der Waals surface area contributed by atoms with Crippen LogP contribution in [0.1, 0.15) is 12.0 Å². The topological polar surface area (TPSA) is 86.6 Å². The van der Waals surface area contributed by atoms with Gasteiger partial charge >= 0.3 is 5.97 Å². The maximum absolute atomic E-state index is 11.6. The third-order valence-electron chi connectivity index (χ3n) is 2.44. The van der Waals surface area contributed by atoms with Crippen LogP contribution in [0.4, 0.5) is 0 Å². The summed E-state index contributed by atoms with van der Waals surface area (Å²) in [5.74, 6) is -0.738. The number of thioether (sulfide) groups is 1. The fourth-order valence-electron chi connectivity index (χ4n) is 1.51. The van der Waals surface area contributed by atoms with E-state index in [1.807, 2.05) is 18.2 Å². The quantitative estimate of drug-likeness (QED) is 0.677. The van der Waals surface area contributed by atoms with Gasteiger partial charge in [-0.2, -0.15) is 0 Å². The summed E-state index contributed by atoms with van der Waals surface area (Å²) in [6, 6.07) is 6.29. The van der Waals surface area contributed by atoms with Crippen molar-refractivity contribution < 1.29 is 19.8 Å². The summed E-state index contributed by atoms with van der Waals surface area (Å²) in [5.41, 5.74) is 1.00. The number of aliphatic hydroxyl groups excluding tert-OH is 1. The molecule has 0 saturated carbocycles. The van der Waals surface area contributed by atoms with Gasteiger partial charge in [0.05, 0.1) is 5.75 Å². The SMILES string of the molecule is O=C(CSCc1cccc(Cl)c1)NC(CCO)C(=O)O. The number of carboxylic acid groups (broad SMARTS) is 1. The third-order valence-corrected chi connectivity index (χ3v) is 3.68. The van der Waals surface area contributed by atoms with Gasteiger partial charge in [0.25, 0.3) is 0 Å². The molecular formula is C13H16ClNO4S. The standard InChI is InChI=1S/C13H16ClNO4S/c14-10-3-1-2-9(6-10)7-20-8-12(17)15-11(4-5-16)13(18)19/h1-3,6,11,16H,4-5,7-8H2,(H,15,17)(H,18,19). The van der Waals surface area contributed by atoms with Crippen LogP contribution in [0.25, 0.3) is 0 Å². The molecule has 3 N–H and O–H groups in total. The zero-order chi connectivity index (χ0) is 15.0. The van der Waals surface area contributed by atoms with Crippen LogP contribution < -0.4 is 5.32 Å². The summed E-state index contributed by atoms with van der Waals surface area (Å²) in [6.45, 7) is -0.285. The Hall–Kier alpha value is -1.24. The molecule has 0 aromatic heterocycles. The fourth-order valence-corrected chi connectivity index (χ4v) is 2.51. The number of amides is 1. The Balaban J connectivity index is 2.34. The van der Waals surface area contributed by atoms with E-state index in [4.69, 9.17) is 21.8 Å². The van der Waals surface area contributed by atoms with Crippen molar-refractivity contribution in [2.24, 2.45) is 0 Å². The predicted molar refractivity (Wildman–Crippen MR) is 78.9 cm³/mol. The highest BCUT2D eigenvalue weighted by molar-refractivity contribution is 7.99. The molecule has 1 rings (SSSR count). The van der Waals surface area contributed by atoms with Crippen LogP contribution in [0.15, 0.2) is 24.3 Å². The van der Waals surface area contributed by atoms with E-state index in [0.717, 1.165) is 5.56 Å². The highest BCUT2D eigenvalue weighted by atomic mass is 35.5. The molecule has 0 saturated heterocycles. The maximum Gasteiger partial charge on any atom is 0.326 e. The normalized spacial score (nSPS) is 11.9. The Morgan fingerprint density at radius 3 is 2.75 bits per heavy atom. The van der Waals surface area contributed by atoms with Crippen LogP contribution in [0.2, 0.25) is 5.02 Å². The lowest BCUT2D eigenvalue weighted by atomic mass is 10.2. The van der Waals surface area contributed by atoms with Crippen molar-refractivity contribution in [1.82, 2.24) is 5.32 Å². The Bertz CT molecular complexity index is 469. The molecule has 1 amide bonds. The largest absolute Gasteiger partial charge is 0.480 e. The highest BCUT2D eigenvalue weighted by Crippen LogP contribution is 2.16. The number of aliphatic hydroxyl groups is 1. The van der Waals surface area contributed by atoms with Gasteiger partial charge < -0.3 is 15.5 Å².